The van der Waals surface area contributed by atoms with Crippen molar-refractivity contribution >= 4 is 5.91 Å². The van der Waals surface area contributed by atoms with Crippen LogP contribution in [0.1, 0.15) is 16.8 Å². The van der Waals surface area contributed by atoms with Crippen molar-refractivity contribution in [2.45, 2.75) is 12.6 Å². The van der Waals surface area contributed by atoms with Crippen LogP contribution in [0.3, 0.4) is 0 Å². The quantitative estimate of drug-likeness (QED) is 0.889. The summed E-state index contributed by atoms with van der Waals surface area (Å²) in [6.45, 7) is 0.569. The SMILES string of the molecule is CN(C)CC1CCN(C(=O)c2cc(O)cc(OCC(F)(F)F)c2)C1. The lowest BCUT2D eigenvalue weighted by molar-refractivity contribution is -0.153. The zero-order chi connectivity index (χ0) is 17.9. The molecular weight excluding hydrogens is 325 g/mol. The number of hydrogen-bond donors (Lipinski definition) is 1. The van der Waals surface area contributed by atoms with E-state index in [9.17, 15) is 23.1 Å². The lowest BCUT2D eigenvalue weighted by Crippen LogP contribution is -2.30. The molecule has 24 heavy (non-hydrogen) atoms. The normalized spacial score (nSPS) is 18.2. The molecule has 8 heteroatoms. The van der Waals surface area contributed by atoms with Gasteiger partial charge in [0.2, 0.25) is 0 Å². The van der Waals surface area contributed by atoms with Crippen LogP contribution in [-0.4, -0.2) is 67.3 Å². The molecule has 1 aromatic rings. The number of ether oxygens (including phenoxy) is 1. The molecule has 1 saturated heterocycles. The van der Waals surface area contributed by atoms with Crippen LogP contribution in [0, 0.1) is 5.92 Å². The number of aromatic hydroxyl groups is 1. The highest BCUT2D eigenvalue weighted by Gasteiger charge is 2.30. The summed E-state index contributed by atoms with van der Waals surface area (Å²) in [5.74, 6) is -0.437. The van der Waals surface area contributed by atoms with E-state index in [1.54, 1.807) is 4.90 Å². The summed E-state index contributed by atoms with van der Waals surface area (Å²) >= 11 is 0. The summed E-state index contributed by atoms with van der Waals surface area (Å²) in [7, 11) is 3.92. The second-order valence-corrected chi connectivity index (χ2v) is 6.29. The number of hydrogen-bond acceptors (Lipinski definition) is 4. The average Bonchev–Trinajstić information content (AvgIpc) is 2.90. The summed E-state index contributed by atoms with van der Waals surface area (Å²) in [5, 5.41) is 9.65. The number of carbonyl (C=O) groups is 1. The molecular formula is C16H21F3N2O3. The topological polar surface area (TPSA) is 53.0 Å². The van der Waals surface area contributed by atoms with Gasteiger partial charge >= 0.3 is 6.18 Å². The molecule has 0 radical (unpaired) electrons. The highest BCUT2D eigenvalue weighted by atomic mass is 19.4. The van der Waals surface area contributed by atoms with Crippen LogP contribution in [-0.2, 0) is 0 Å². The Kier molecular flexibility index (Phi) is 5.58. The van der Waals surface area contributed by atoms with Gasteiger partial charge < -0.3 is 19.6 Å². The van der Waals surface area contributed by atoms with E-state index in [4.69, 9.17) is 0 Å². The Bertz CT molecular complexity index is 590. The Labute approximate surface area is 138 Å². The molecule has 0 aliphatic carbocycles. The van der Waals surface area contributed by atoms with Crippen LogP contribution in [0.15, 0.2) is 18.2 Å². The third kappa shape index (κ3) is 5.30. The number of rotatable bonds is 5. The second-order valence-electron chi connectivity index (χ2n) is 6.29. The number of amides is 1. The lowest BCUT2D eigenvalue weighted by atomic mass is 10.1. The third-order valence-electron chi connectivity index (χ3n) is 3.74. The summed E-state index contributed by atoms with van der Waals surface area (Å²) in [4.78, 5) is 16.2. The molecule has 0 spiro atoms. The fourth-order valence-electron chi connectivity index (χ4n) is 2.82. The van der Waals surface area contributed by atoms with Crippen molar-refractivity contribution in [3.8, 4) is 11.5 Å². The maximum atomic E-state index is 12.5. The predicted octanol–water partition coefficient (Wildman–Crippen LogP) is 2.36. The first-order chi connectivity index (χ1) is 11.1. The van der Waals surface area contributed by atoms with Gasteiger partial charge in [-0.05, 0) is 38.6 Å². The van der Waals surface area contributed by atoms with Gasteiger partial charge in [0.25, 0.3) is 5.91 Å². The Morgan fingerprint density at radius 2 is 2.08 bits per heavy atom. The molecule has 1 atom stereocenters. The van der Waals surface area contributed by atoms with Gasteiger partial charge in [0.05, 0.1) is 0 Å². The number of nitrogens with zero attached hydrogens (tertiary/aromatic N) is 2. The van der Waals surface area contributed by atoms with Gasteiger partial charge in [0.1, 0.15) is 11.5 Å². The molecule has 1 N–H and O–H groups in total. The van der Waals surface area contributed by atoms with E-state index in [1.165, 1.54) is 12.1 Å². The first-order valence-electron chi connectivity index (χ1n) is 7.61. The van der Waals surface area contributed by atoms with E-state index in [-0.39, 0.29) is 23.0 Å². The molecule has 1 heterocycles. The van der Waals surface area contributed by atoms with Crippen LogP contribution in [0.4, 0.5) is 13.2 Å². The number of likely N-dealkylation sites (tertiary alicyclic amines) is 1. The molecule has 5 nitrogen and oxygen atoms in total. The van der Waals surface area contributed by atoms with E-state index in [0.29, 0.717) is 19.0 Å². The maximum absolute atomic E-state index is 12.5. The number of phenolic OH excluding ortho intramolecular Hbond substituents is 1. The van der Waals surface area contributed by atoms with E-state index >= 15 is 0 Å². The standard InChI is InChI=1S/C16H21F3N2O3/c1-20(2)8-11-3-4-21(9-11)15(23)12-5-13(22)7-14(6-12)24-10-16(17,18)19/h5-7,11,22H,3-4,8-10H2,1-2H3. The second kappa shape index (κ2) is 7.29. The molecule has 1 amide bonds. The minimum absolute atomic E-state index is 0.123. The molecule has 1 aliphatic heterocycles. The molecule has 2 rings (SSSR count). The highest BCUT2D eigenvalue weighted by Crippen LogP contribution is 2.26. The molecule has 134 valence electrons. The Morgan fingerprint density at radius 3 is 2.71 bits per heavy atom. The van der Waals surface area contributed by atoms with Gasteiger partial charge in [-0.15, -0.1) is 0 Å². The summed E-state index contributed by atoms with van der Waals surface area (Å²) < 4.78 is 41.3. The summed E-state index contributed by atoms with van der Waals surface area (Å²) in [6, 6.07) is 3.52. The van der Waals surface area contributed by atoms with Gasteiger partial charge in [-0.1, -0.05) is 0 Å². The molecule has 1 fully saturated rings. The zero-order valence-corrected chi connectivity index (χ0v) is 13.6. The van der Waals surface area contributed by atoms with Crippen molar-refractivity contribution < 1.29 is 27.8 Å². The van der Waals surface area contributed by atoms with Gasteiger partial charge in [0, 0.05) is 31.3 Å². The van der Waals surface area contributed by atoms with Crippen molar-refractivity contribution in [3.05, 3.63) is 23.8 Å². The summed E-state index contributed by atoms with van der Waals surface area (Å²) in [5.41, 5.74) is 0.123. The van der Waals surface area contributed by atoms with E-state index in [2.05, 4.69) is 9.64 Å². The van der Waals surface area contributed by atoms with Crippen molar-refractivity contribution in [3.63, 3.8) is 0 Å². The molecule has 0 aromatic heterocycles. The van der Waals surface area contributed by atoms with Crippen molar-refractivity contribution in [2.24, 2.45) is 5.92 Å². The number of carbonyl (C=O) groups excluding carboxylic acids is 1. The smallest absolute Gasteiger partial charge is 0.422 e. The third-order valence-corrected chi connectivity index (χ3v) is 3.74. The first kappa shape index (κ1) is 18.4. The zero-order valence-electron chi connectivity index (χ0n) is 13.6. The minimum atomic E-state index is -4.48. The van der Waals surface area contributed by atoms with Crippen molar-refractivity contribution in [2.75, 3.05) is 40.3 Å². The molecule has 0 saturated carbocycles. The van der Waals surface area contributed by atoms with E-state index in [1.807, 2.05) is 14.1 Å². The predicted molar refractivity (Wildman–Crippen MR) is 82.2 cm³/mol. The number of alkyl halides is 3. The lowest BCUT2D eigenvalue weighted by Gasteiger charge is -2.19. The van der Waals surface area contributed by atoms with Gasteiger partial charge in [0.15, 0.2) is 6.61 Å². The minimum Gasteiger partial charge on any atom is -0.508 e. The maximum Gasteiger partial charge on any atom is 0.422 e. The molecule has 1 aromatic carbocycles. The van der Waals surface area contributed by atoms with Crippen molar-refractivity contribution in [1.29, 1.82) is 0 Å². The summed E-state index contributed by atoms with van der Waals surface area (Å²) in [6.07, 6.45) is -3.61. The molecule has 1 unspecified atom stereocenters. The van der Waals surface area contributed by atoms with Crippen LogP contribution < -0.4 is 4.74 Å². The largest absolute Gasteiger partial charge is 0.508 e. The fraction of sp³-hybridized carbons (Fsp3) is 0.562. The van der Waals surface area contributed by atoms with Crippen LogP contribution in [0.5, 0.6) is 11.5 Å². The van der Waals surface area contributed by atoms with E-state index < -0.39 is 12.8 Å². The Morgan fingerprint density at radius 1 is 1.38 bits per heavy atom. The van der Waals surface area contributed by atoms with Crippen LogP contribution in [0.25, 0.3) is 0 Å². The Hall–Kier alpha value is -1.96. The number of benzene rings is 1. The number of phenols is 1. The van der Waals surface area contributed by atoms with Crippen molar-refractivity contribution in [1.82, 2.24) is 9.80 Å². The molecule has 1 aliphatic rings. The molecule has 0 bridgehead atoms. The van der Waals surface area contributed by atoms with E-state index in [0.717, 1.165) is 19.0 Å². The average molecular weight is 346 g/mol. The number of halogens is 3. The Balaban J connectivity index is 2.05. The monoisotopic (exact) mass is 346 g/mol. The fourth-order valence-corrected chi connectivity index (χ4v) is 2.82. The van der Waals surface area contributed by atoms with Crippen LogP contribution in [0.2, 0.25) is 0 Å². The highest BCUT2D eigenvalue weighted by molar-refractivity contribution is 5.95. The van der Waals surface area contributed by atoms with Gasteiger partial charge in [-0.3, -0.25) is 4.79 Å². The van der Waals surface area contributed by atoms with Crippen LogP contribution >= 0.6 is 0 Å². The first-order valence-corrected chi connectivity index (χ1v) is 7.61. The van der Waals surface area contributed by atoms with Gasteiger partial charge in [-0.2, -0.15) is 13.2 Å². The van der Waals surface area contributed by atoms with Gasteiger partial charge in [-0.25, -0.2) is 0 Å².